The molecule has 0 spiro atoms. The number of benzene rings is 2. The largest absolute Gasteiger partial charge is 0.492 e. The molecule has 4 nitrogen and oxygen atoms in total. The van der Waals surface area contributed by atoms with E-state index in [1.54, 1.807) is 24.1 Å². The van der Waals surface area contributed by atoms with E-state index in [9.17, 15) is 9.18 Å². The Bertz CT molecular complexity index is 667. The van der Waals surface area contributed by atoms with Gasteiger partial charge in [0.1, 0.15) is 18.2 Å². The summed E-state index contributed by atoms with van der Waals surface area (Å²) < 4.78 is 20.0. The van der Waals surface area contributed by atoms with E-state index in [0.717, 1.165) is 10.2 Å². The lowest BCUT2D eigenvalue weighted by molar-refractivity contribution is 0.195. The molecule has 1 N–H and O–H groups in total. The summed E-state index contributed by atoms with van der Waals surface area (Å²) in [6.07, 6.45) is 0.436. The van der Waals surface area contributed by atoms with Gasteiger partial charge in [-0.2, -0.15) is 0 Å². The Morgan fingerprint density at radius 1 is 1.25 bits per heavy atom. The summed E-state index contributed by atoms with van der Waals surface area (Å²) in [5, 5.41) is 2.78. The van der Waals surface area contributed by atoms with Gasteiger partial charge in [-0.05, 0) is 42.3 Å². The third-order valence-corrected chi connectivity index (χ3v) is 3.96. The molecule has 0 aromatic heterocycles. The summed E-state index contributed by atoms with van der Waals surface area (Å²) in [6.45, 7) is 1.25. The van der Waals surface area contributed by atoms with Gasteiger partial charge in [-0.15, -0.1) is 0 Å². The molecule has 0 aliphatic carbocycles. The predicted octanol–water partition coefficient (Wildman–Crippen LogP) is 3.85. The van der Waals surface area contributed by atoms with E-state index in [4.69, 9.17) is 4.74 Å². The quantitative estimate of drug-likeness (QED) is 0.774. The van der Waals surface area contributed by atoms with Crippen LogP contribution in [0.2, 0.25) is 0 Å². The minimum absolute atomic E-state index is 0.206. The van der Waals surface area contributed by atoms with Gasteiger partial charge in [-0.1, -0.05) is 34.1 Å². The van der Waals surface area contributed by atoms with Gasteiger partial charge in [-0.25, -0.2) is 9.18 Å². The highest BCUT2D eigenvalue weighted by molar-refractivity contribution is 9.10. The van der Waals surface area contributed by atoms with Crippen molar-refractivity contribution in [1.29, 1.82) is 0 Å². The molecule has 2 aromatic carbocycles. The Labute approximate surface area is 149 Å². The van der Waals surface area contributed by atoms with Gasteiger partial charge in [0.05, 0.1) is 6.54 Å². The van der Waals surface area contributed by atoms with Crippen molar-refractivity contribution in [2.45, 2.75) is 6.42 Å². The number of hydrogen-bond acceptors (Lipinski definition) is 2. The van der Waals surface area contributed by atoms with Crippen LogP contribution in [-0.2, 0) is 6.42 Å². The molecule has 0 heterocycles. The highest BCUT2D eigenvalue weighted by atomic mass is 79.9. The highest BCUT2D eigenvalue weighted by Gasteiger charge is 2.09. The Balaban J connectivity index is 1.69. The molecule has 0 unspecified atom stereocenters. The molecule has 0 saturated carbocycles. The van der Waals surface area contributed by atoms with Crippen LogP contribution in [0.5, 0.6) is 5.75 Å². The number of nitrogens with one attached hydrogen (secondary N) is 1. The number of ether oxygens (including phenoxy) is 1. The molecule has 0 radical (unpaired) electrons. The number of urea groups is 1. The van der Waals surface area contributed by atoms with Crippen LogP contribution in [0.25, 0.3) is 0 Å². The predicted molar refractivity (Wildman–Crippen MR) is 95.8 cm³/mol. The number of nitrogens with zero attached hydrogens (tertiary/aromatic N) is 1. The van der Waals surface area contributed by atoms with Crippen molar-refractivity contribution in [2.24, 2.45) is 0 Å². The molecule has 0 bridgehead atoms. The summed E-state index contributed by atoms with van der Waals surface area (Å²) in [6, 6.07) is 14.0. The number of halogens is 2. The fraction of sp³-hybridized carbons (Fsp3) is 0.278. The van der Waals surface area contributed by atoms with Crippen LogP contribution in [0.1, 0.15) is 5.56 Å². The minimum Gasteiger partial charge on any atom is -0.492 e. The molecule has 2 aromatic rings. The van der Waals surface area contributed by atoms with E-state index in [1.165, 1.54) is 6.07 Å². The van der Waals surface area contributed by atoms with Crippen molar-refractivity contribution >= 4 is 22.0 Å². The Hall–Kier alpha value is -2.08. The summed E-state index contributed by atoms with van der Waals surface area (Å²) in [7, 11) is 1.70. The highest BCUT2D eigenvalue weighted by Crippen LogP contribution is 2.15. The van der Waals surface area contributed by atoms with E-state index in [2.05, 4.69) is 21.2 Å². The number of carbonyl (C=O) groups is 1. The van der Waals surface area contributed by atoms with Crippen molar-refractivity contribution in [3.63, 3.8) is 0 Å². The molecular formula is C18H20BrFN2O2. The molecule has 128 valence electrons. The lowest BCUT2D eigenvalue weighted by atomic mass is 10.1. The first-order valence-electron chi connectivity index (χ1n) is 7.67. The molecule has 0 aliphatic heterocycles. The molecule has 0 aliphatic rings. The van der Waals surface area contributed by atoms with Gasteiger partial charge < -0.3 is 15.0 Å². The maximum absolute atomic E-state index is 13.6. The lowest BCUT2D eigenvalue weighted by Gasteiger charge is -2.18. The number of amides is 2. The van der Waals surface area contributed by atoms with Gasteiger partial charge in [0.15, 0.2) is 0 Å². The number of likely N-dealkylation sites (N-methyl/N-ethyl adjacent to an activating group) is 1. The van der Waals surface area contributed by atoms with Crippen molar-refractivity contribution in [2.75, 3.05) is 26.7 Å². The SMILES string of the molecule is CN(CCOc1ccccc1)C(=O)NCCc1cc(Br)ccc1F. The fourth-order valence-corrected chi connectivity index (χ4v) is 2.50. The van der Waals surface area contributed by atoms with Gasteiger partial charge in [0.2, 0.25) is 0 Å². The normalized spacial score (nSPS) is 10.3. The van der Waals surface area contributed by atoms with E-state index >= 15 is 0 Å². The first kappa shape index (κ1) is 18.3. The number of carbonyl (C=O) groups excluding carboxylic acids is 1. The van der Waals surface area contributed by atoms with Crippen LogP contribution in [0, 0.1) is 5.82 Å². The summed E-state index contributed by atoms with van der Waals surface area (Å²) in [5.74, 6) is 0.508. The minimum atomic E-state index is -0.267. The first-order chi connectivity index (χ1) is 11.6. The van der Waals surface area contributed by atoms with Crippen LogP contribution < -0.4 is 10.1 Å². The molecule has 2 rings (SSSR count). The van der Waals surface area contributed by atoms with Crippen LogP contribution in [0.4, 0.5) is 9.18 Å². The topological polar surface area (TPSA) is 41.6 Å². The zero-order valence-corrected chi connectivity index (χ0v) is 15.1. The molecule has 6 heteroatoms. The van der Waals surface area contributed by atoms with E-state index < -0.39 is 0 Å². The Morgan fingerprint density at radius 3 is 2.75 bits per heavy atom. The van der Waals surface area contributed by atoms with Crippen molar-refractivity contribution < 1.29 is 13.9 Å². The molecular weight excluding hydrogens is 375 g/mol. The van der Waals surface area contributed by atoms with Crippen LogP contribution in [-0.4, -0.2) is 37.7 Å². The zero-order valence-electron chi connectivity index (χ0n) is 13.5. The van der Waals surface area contributed by atoms with Crippen molar-refractivity contribution in [1.82, 2.24) is 10.2 Å². The fourth-order valence-electron chi connectivity index (χ4n) is 2.09. The summed E-state index contributed by atoms with van der Waals surface area (Å²) >= 11 is 3.31. The van der Waals surface area contributed by atoms with Crippen LogP contribution in [0.3, 0.4) is 0 Å². The third-order valence-electron chi connectivity index (χ3n) is 3.46. The van der Waals surface area contributed by atoms with Crippen molar-refractivity contribution in [3.8, 4) is 5.75 Å². The monoisotopic (exact) mass is 394 g/mol. The van der Waals surface area contributed by atoms with Gasteiger partial charge >= 0.3 is 6.03 Å². The van der Waals surface area contributed by atoms with Gasteiger partial charge in [0.25, 0.3) is 0 Å². The van der Waals surface area contributed by atoms with Gasteiger partial charge in [0, 0.05) is 18.1 Å². The number of hydrogen-bond donors (Lipinski definition) is 1. The Morgan fingerprint density at radius 2 is 2.00 bits per heavy atom. The molecule has 0 fully saturated rings. The molecule has 0 atom stereocenters. The second-order valence-electron chi connectivity index (χ2n) is 5.30. The van der Waals surface area contributed by atoms with Crippen LogP contribution in [0.15, 0.2) is 53.0 Å². The summed E-state index contributed by atoms with van der Waals surface area (Å²) in [4.78, 5) is 13.5. The zero-order chi connectivity index (χ0) is 17.4. The summed E-state index contributed by atoms with van der Waals surface area (Å²) in [5.41, 5.74) is 0.569. The standard InChI is InChI=1S/C18H20BrFN2O2/c1-22(11-12-24-16-5-3-2-4-6-16)18(23)21-10-9-14-13-15(19)7-8-17(14)20/h2-8,13H,9-12H2,1H3,(H,21,23). The first-order valence-corrected chi connectivity index (χ1v) is 8.46. The van der Waals surface area contributed by atoms with E-state index in [-0.39, 0.29) is 11.8 Å². The number of para-hydroxylation sites is 1. The van der Waals surface area contributed by atoms with E-state index in [1.807, 2.05) is 30.3 Å². The average Bonchev–Trinajstić information content (AvgIpc) is 2.58. The second kappa shape index (κ2) is 9.27. The third kappa shape index (κ3) is 5.85. The average molecular weight is 395 g/mol. The second-order valence-corrected chi connectivity index (χ2v) is 6.22. The lowest BCUT2D eigenvalue weighted by Crippen LogP contribution is -2.40. The Kier molecular flexibility index (Phi) is 7.06. The van der Waals surface area contributed by atoms with Crippen LogP contribution >= 0.6 is 15.9 Å². The molecule has 24 heavy (non-hydrogen) atoms. The smallest absolute Gasteiger partial charge is 0.317 e. The van der Waals surface area contributed by atoms with Crippen molar-refractivity contribution in [3.05, 3.63) is 64.4 Å². The molecule has 2 amide bonds. The maximum atomic E-state index is 13.6. The molecule has 0 saturated heterocycles. The maximum Gasteiger partial charge on any atom is 0.317 e. The van der Waals surface area contributed by atoms with E-state index in [0.29, 0.717) is 31.7 Å². The van der Waals surface area contributed by atoms with Gasteiger partial charge in [-0.3, -0.25) is 0 Å². The number of rotatable bonds is 7.